The smallest absolute Gasteiger partial charge is 0.00757 e. The quantitative estimate of drug-likeness (QED) is 0.463. The van der Waals surface area contributed by atoms with Crippen LogP contribution in [0.1, 0.15) is 19.3 Å². The third kappa shape index (κ3) is 0.510. The maximum Gasteiger partial charge on any atom is 0.00757 e. The van der Waals surface area contributed by atoms with Crippen molar-refractivity contribution in [2.45, 2.75) is 24.5 Å². The first-order valence-electron chi connectivity index (χ1n) is 3.08. The maximum atomic E-state index is 2.19. The van der Waals surface area contributed by atoms with Crippen molar-refractivity contribution >= 4 is 11.8 Å². The molecule has 2 aliphatic rings. The Balaban J connectivity index is 2.03. The molecule has 7 heavy (non-hydrogen) atoms. The van der Waals surface area contributed by atoms with Crippen LogP contribution in [0.25, 0.3) is 0 Å². The molecule has 1 saturated heterocycles. The molecule has 1 heterocycles. The van der Waals surface area contributed by atoms with Crippen molar-refractivity contribution in [2.75, 3.05) is 5.75 Å². The molecule has 0 nitrogen and oxygen atoms in total. The van der Waals surface area contributed by atoms with Crippen LogP contribution in [0.4, 0.5) is 0 Å². The van der Waals surface area contributed by atoms with Gasteiger partial charge in [-0.15, -0.1) is 0 Å². The second-order valence-corrected chi connectivity index (χ2v) is 3.88. The van der Waals surface area contributed by atoms with Crippen LogP contribution >= 0.6 is 11.8 Å². The predicted molar refractivity (Wildman–Crippen MR) is 33.6 cm³/mol. The van der Waals surface area contributed by atoms with Crippen molar-refractivity contribution in [1.29, 1.82) is 0 Å². The molecule has 0 aromatic carbocycles. The van der Waals surface area contributed by atoms with Gasteiger partial charge in [0.2, 0.25) is 0 Å². The molecular weight excluding hydrogens is 104 g/mol. The summed E-state index contributed by atoms with van der Waals surface area (Å²) in [5, 5.41) is 1.11. The van der Waals surface area contributed by atoms with Crippen molar-refractivity contribution in [1.82, 2.24) is 0 Å². The van der Waals surface area contributed by atoms with Crippen molar-refractivity contribution in [2.24, 2.45) is 5.92 Å². The van der Waals surface area contributed by atoms with Crippen molar-refractivity contribution in [3.8, 4) is 0 Å². The summed E-state index contributed by atoms with van der Waals surface area (Å²) >= 11 is 2.19. The molecule has 0 radical (unpaired) electrons. The van der Waals surface area contributed by atoms with Crippen LogP contribution in [-0.4, -0.2) is 11.0 Å². The molecule has 1 aliphatic carbocycles. The lowest BCUT2D eigenvalue weighted by Gasteiger charge is -2.28. The molecule has 0 bridgehead atoms. The van der Waals surface area contributed by atoms with Crippen LogP contribution in [0.15, 0.2) is 0 Å². The zero-order valence-corrected chi connectivity index (χ0v) is 5.21. The Labute approximate surface area is 48.7 Å². The molecular formula is C6H10S. The zero-order chi connectivity index (χ0) is 4.69. The summed E-state index contributed by atoms with van der Waals surface area (Å²) in [5.74, 6) is 2.61. The van der Waals surface area contributed by atoms with Gasteiger partial charge in [0.25, 0.3) is 0 Å². The van der Waals surface area contributed by atoms with Gasteiger partial charge in [0.05, 0.1) is 0 Å². The fourth-order valence-corrected chi connectivity index (χ4v) is 3.05. The van der Waals surface area contributed by atoms with E-state index < -0.39 is 0 Å². The largest absolute Gasteiger partial charge is 0.158 e. The van der Waals surface area contributed by atoms with Gasteiger partial charge in [-0.1, -0.05) is 0 Å². The lowest BCUT2D eigenvalue weighted by molar-refractivity contribution is 0.341. The molecule has 1 saturated carbocycles. The van der Waals surface area contributed by atoms with Gasteiger partial charge in [-0.25, -0.2) is 0 Å². The molecule has 0 N–H and O–H groups in total. The maximum absolute atomic E-state index is 2.19. The summed E-state index contributed by atoms with van der Waals surface area (Å²) < 4.78 is 0. The van der Waals surface area contributed by atoms with E-state index in [9.17, 15) is 0 Å². The monoisotopic (exact) mass is 114 g/mol. The zero-order valence-electron chi connectivity index (χ0n) is 4.39. The first-order valence-corrected chi connectivity index (χ1v) is 4.13. The summed E-state index contributed by atoms with van der Waals surface area (Å²) in [7, 11) is 0. The van der Waals surface area contributed by atoms with Crippen LogP contribution in [0.5, 0.6) is 0 Å². The summed E-state index contributed by atoms with van der Waals surface area (Å²) in [6.07, 6.45) is 4.59. The summed E-state index contributed by atoms with van der Waals surface area (Å²) in [6.45, 7) is 0. The average molecular weight is 114 g/mol. The highest BCUT2D eigenvalue weighted by Crippen LogP contribution is 2.45. The fraction of sp³-hybridized carbons (Fsp3) is 1.00. The topological polar surface area (TPSA) is 0 Å². The van der Waals surface area contributed by atoms with E-state index in [0.717, 1.165) is 11.2 Å². The Hall–Kier alpha value is 0.350. The molecule has 0 aromatic heterocycles. The standard InChI is InChI=1S/C6H10S/c1-2-6-5(1)3-4-7-6/h5-6H,1-4H2. The van der Waals surface area contributed by atoms with Crippen LogP contribution in [-0.2, 0) is 0 Å². The minimum atomic E-state index is 1.11. The van der Waals surface area contributed by atoms with E-state index in [1.807, 2.05) is 0 Å². The second-order valence-electron chi connectivity index (χ2n) is 2.54. The fourth-order valence-electron chi connectivity index (χ4n) is 1.46. The average Bonchev–Trinajstić information content (AvgIpc) is 1.85. The van der Waals surface area contributed by atoms with Gasteiger partial charge in [-0.2, -0.15) is 11.8 Å². The van der Waals surface area contributed by atoms with Gasteiger partial charge >= 0.3 is 0 Å². The number of hydrogen-bond donors (Lipinski definition) is 0. The van der Waals surface area contributed by atoms with Crippen LogP contribution in [0.3, 0.4) is 0 Å². The number of thioether (sulfide) groups is 1. The van der Waals surface area contributed by atoms with Gasteiger partial charge in [0.1, 0.15) is 0 Å². The van der Waals surface area contributed by atoms with Crippen molar-refractivity contribution < 1.29 is 0 Å². The molecule has 0 amide bonds. The summed E-state index contributed by atoms with van der Waals surface area (Å²) in [5.41, 5.74) is 0. The van der Waals surface area contributed by atoms with Crippen molar-refractivity contribution in [3.63, 3.8) is 0 Å². The third-order valence-corrected chi connectivity index (χ3v) is 3.69. The lowest BCUT2D eigenvalue weighted by Crippen LogP contribution is -2.22. The van der Waals surface area contributed by atoms with E-state index in [1.54, 1.807) is 0 Å². The summed E-state index contributed by atoms with van der Waals surface area (Å²) in [6, 6.07) is 0. The van der Waals surface area contributed by atoms with Crippen LogP contribution in [0, 0.1) is 5.92 Å². The molecule has 0 spiro atoms. The predicted octanol–water partition coefficient (Wildman–Crippen LogP) is 1.90. The van der Waals surface area contributed by atoms with Crippen LogP contribution in [0.2, 0.25) is 0 Å². The van der Waals surface area contributed by atoms with E-state index in [0.29, 0.717) is 0 Å². The highest BCUT2D eigenvalue weighted by molar-refractivity contribution is 8.00. The van der Waals surface area contributed by atoms with Crippen molar-refractivity contribution in [3.05, 3.63) is 0 Å². The Morgan fingerprint density at radius 3 is 2.43 bits per heavy atom. The minimum Gasteiger partial charge on any atom is -0.158 e. The van der Waals surface area contributed by atoms with Gasteiger partial charge in [-0.3, -0.25) is 0 Å². The van der Waals surface area contributed by atoms with E-state index in [2.05, 4.69) is 11.8 Å². The first-order chi connectivity index (χ1) is 3.47. The number of hydrogen-bond acceptors (Lipinski definition) is 1. The van der Waals surface area contributed by atoms with E-state index in [-0.39, 0.29) is 0 Å². The molecule has 2 unspecified atom stereocenters. The molecule has 2 atom stereocenters. The van der Waals surface area contributed by atoms with Gasteiger partial charge in [-0.05, 0) is 30.9 Å². The van der Waals surface area contributed by atoms with Gasteiger partial charge in [0.15, 0.2) is 0 Å². The normalized spacial score (nSPS) is 48.0. The Morgan fingerprint density at radius 2 is 2.14 bits per heavy atom. The third-order valence-electron chi connectivity index (χ3n) is 2.17. The number of rotatable bonds is 0. The first kappa shape index (κ1) is 4.25. The lowest BCUT2D eigenvalue weighted by atomic mass is 9.83. The molecule has 0 aromatic rings. The highest BCUT2D eigenvalue weighted by Gasteiger charge is 2.34. The van der Waals surface area contributed by atoms with E-state index >= 15 is 0 Å². The van der Waals surface area contributed by atoms with Gasteiger partial charge in [0, 0.05) is 5.25 Å². The number of fused-ring (bicyclic) bond motifs is 1. The van der Waals surface area contributed by atoms with E-state index in [4.69, 9.17) is 0 Å². The van der Waals surface area contributed by atoms with E-state index in [1.165, 1.54) is 25.0 Å². The summed E-state index contributed by atoms with van der Waals surface area (Å²) in [4.78, 5) is 0. The Bertz CT molecular complexity index is 70.2. The second kappa shape index (κ2) is 1.41. The molecule has 1 heteroatoms. The Morgan fingerprint density at radius 1 is 1.14 bits per heavy atom. The highest BCUT2D eigenvalue weighted by atomic mass is 32.2. The molecule has 2 fully saturated rings. The van der Waals surface area contributed by atoms with Gasteiger partial charge < -0.3 is 0 Å². The molecule has 40 valence electrons. The Kier molecular flexibility index (Phi) is 0.857. The SMILES string of the molecule is C1CC2CCC2S1. The molecule has 2 rings (SSSR count). The molecule has 1 aliphatic heterocycles. The van der Waals surface area contributed by atoms with Crippen LogP contribution < -0.4 is 0 Å². The minimum absolute atomic E-state index is 1.11.